The molecule has 1 heterocycles. The Kier molecular flexibility index (Phi) is 2.16. The van der Waals surface area contributed by atoms with Crippen LogP contribution in [0.2, 0.25) is 0 Å². The van der Waals surface area contributed by atoms with Gasteiger partial charge in [0.2, 0.25) is 0 Å². The monoisotopic (exact) mass is 134 g/mol. The van der Waals surface area contributed by atoms with Crippen molar-refractivity contribution in [2.75, 3.05) is 6.61 Å². The summed E-state index contributed by atoms with van der Waals surface area (Å²) in [5.41, 5.74) is 0. The van der Waals surface area contributed by atoms with Gasteiger partial charge in [0.05, 0.1) is 18.8 Å². The van der Waals surface area contributed by atoms with Crippen LogP contribution in [-0.4, -0.2) is 18.8 Å². The Labute approximate surface area is 54.8 Å². The van der Waals surface area contributed by atoms with E-state index in [0.717, 1.165) is 6.42 Å². The van der Waals surface area contributed by atoms with E-state index in [1.807, 2.05) is 6.92 Å². The minimum absolute atomic E-state index is 0.216. The van der Waals surface area contributed by atoms with Crippen LogP contribution in [0.15, 0.2) is 0 Å². The van der Waals surface area contributed by atoms with E-state index in [2.05, 4.69) is 12.9 Å². The molecule has 0 spiro atoms. The Hall–Kier alpha value is 0.270. The topological polar surface area (TPSA) is 18.5 Å². The first-order chi connectivity index (χ1) is 3.83. The summed E-state index contributed by atoms with van der Waals surface area (Å²) in [6.45, 7) is 2.73. The van der Waals surface area contributed by atoms with Crippen LogP contribution >= 0.6 is 12.9 Å². The van der Waals surface area contributed by atoms with Gasteiger partial charge in [-0.25, -0.2) is 0 Å². The zero-order valence-electron chi connectivity index (χ0n) is 4.83. The molecule has 1 rings (SSSR count). The van der Waals surface area contributed by atoms with Crippen LogP contribution in [0, 0.1) is 0 Å². The van der Waals surface area contributed by atoms with E-state index in [1.165, 1.54) is 0 Å². The number of ether oxygens (including phenoxy) is 1. The van der Waals surface area contributed by atoms with Gasteiger partial charge in [0.25, 0.3) is 0 Å². The Balaban J connectivity index is 2.22. The molecule has 0 bridgehead atoms. The van der Waals surface area contributed by atoms with Gasteiger partial charge in [-0.1, -0.05) is 0 Å². The van der Waals surface area contributed by atoms with Gasteiger partial charge in [-0.3, -0.25) is 0 Å². The maximum absolute atomic E-state index is 5.18. The lowest BCUT2D eigenvalue weighted by molar-refractivity contribution is 0.109. The largest absolute Gasteiger partial charge is 0.376 e. The van der Waals surface area contributed by atoms with E-state index in [9.17, 15) is 0 Å². The van der Waals surface area contributed by atoms with Gasteiger partial charge in [0, 0.05) is 6.42 Å². The molecule has 0 N–H and O–H groups in total. The zero-order chi connectivity index (χ0) is 5.98. The quantitative estimate of drug-likeness (QED) is 0.426. The number of hydrogen-bond acceptors (Lipinski definition) is 3. The second-order valence-corrected chi connectivity index (χ2v) is 2.32. The molecule has 1 saturated heterocycles. The van der Waals surface area contributed by atoms with Crippen LogP contribution in [0.4, 0.5) is 0 Å². The molecule has 2 nitrogen and oxygen atoms in total. The standard InChI is InChI=1S/C5H10O2S/c1-4-2-5(7-8)3-6-4/h4-5,8H,2-3H2,1H3. The summed E-state index contributed by atoms with van der Waals surface area (Å²) >= 11 is 3.68. The second-order valence-electron chi connectivity index (χ2n) is 2.11. The lowest BCUT2D eigenvalue weighted by atomic mass is 10.2. The summed E-state index contributed by atoms with van der Waals surface area (Å²) in [5, 5.41) is 0. The minimum Gasteiger partial charge on any atom is -0.376 e. The van der Waals surface area contributed by atoms with Gasteiger partial charge in [0.1, 0.15) is 0 Å². The van der Waals surface area contributed by atoms with Crippen molar-refractivity contribution in [1.82, 2.24) is 0 Å². The van der Waals surface area contributed by atoms with Crippen LogP contribution in [0.25, 0.3) is 0 Å². The average molecular weight is 134 g/mol. The van der Waals surface area contributed by atoms with Crippen LogP contribution in [0.3, 0.4) is 0 Å². The predicted octanol–water partition coefficient (Wildman–Crippen LogP) is 1.03. The third-order valence-electron chi connectivity index (χ3n) is 1.31. The van der Waals surface area contributed by atoms with Gasteiger partial charge < -0.3 is 8.92 Å². The highest BCUT2D eigenvalue weighted by Crippen LogP contribution is 2.15. The van der Waals surface area contributed by atoms with Gasteiger partial charge in [-0.2, -0.15) is 0 Å². The fraction of sp³-hybridized carbons (Fsp3) is 1.00. The molecular weight excluding hydrogens is 124 g/mol. The van der Waals surface area contributed by atoms with Gasteiger partial charge >= 0.3 is 0 Å². The molecule has 0 aromatic heterocycles. The van der Waals surface area contributed by atoms with E-state index < -0.39 is 0 Å². The zero-order valence-corrected chi connectivity index (χ0v) is 5.73. The van der Waals surface area contributed by atoms with Gasteiger partial charge in [-0.05, 0) is 19.8 Å². The van der Waals surface area contributed by atoms with Crippen LogP contribution in [0.5, 0.6) is 0 Å². The van der Waals surface area contributed by atoms with Crippen molar-refractivity contribution in [3.63, 3.8) is 0 Å². The van der Waals surface area contributed by atoms with Crippen molar-refractivity contribution in [3.05, 3.63) is 0 Å². The third kappa shape index (κ3) is 1.37. The molecule has 0 radical (unpaired) electrons. The highest BCUT2D eigenvalue weighted by atomic mass is 32.1. The minimum atomic E-state index is 0.216. The molecular formula is C5H10O2S. The summed E-state index contributed by atoms with van der Waals surface area (Å²) in [5.74, 6) is 0. The van der Waals surface area contributed by atoms with Gasteiger partial charge in [-0.15, -0.1) is 0 Å². The second kappa shape index (κ2) is 2.71. The molecule has 0 aliphatic carbocycles. The van der Waals surface area contributed by atoms with Gasteiger partial charge in [0.15, 0.2) is 0 Å². The first kappa shape index (κ1) is 6.39. The molecule has 3 heteroatoms. The molecule has 2 atom stereocenters. The maximum Gasteiger partial charge on any atom is 0.0976 e. The average Bonchev–Trinajstić information content (AvgIpc) is 2.14. The molecule has 0 saturated carbocycles. The molecule has 0 amide bonds. The van der Waals surface area contributed by atoms with E-state index in [0.29, 0.717) is 12.7 Å². The third-order valence-corrected chi connectivity index (χ3v) is 1.61. The fourth-order valence-electron chi connectivity index (χ4n) is 0.851. The molecule has 0 aromatic carbocycles. The van der Waals surface area contributed by atoms with Crippen molar-refractivity contribution in [1.29, 1.82) is 0 Å². The fourth-order valence-corrected chi connectivity index (χ4v) is 0.998. The molecule has 48 valence electrons. The highest BCUT2D eigenvalue weighted by molar-refractivity contribution is 7.75. The molecule has 1 aliphatic rings. The summed E-state index contributed by atoms with van der Waals surface area (Å²) in [4.78, 5) is 0. The Morgan fingerprint density at radius 1 is 1.75 bits per heavy atom. The van der Waals surface area contributed by atoms with E-state index in [4.69, 9.17) is 8.92 Å². The van der Waals surface area contributed by atoms with Crippen LogP contribution < -0.4 is 0 Å². The number of hydrogen-bond donors (Lipinski definition) is 1. The van der Waals surface area contributed by atoms with Crippen LogP contribution in [0.1, 0.15) is 13.3 Å². The van der Waals surface area contributed by atoms with Crippen molar-refractivity contribution < 1.29 is 8.92 Å². The lowest BCUT2D eigenvalue weighted by Gasteiger charge is -1.99. The molecule has 1 aliphatic heterocycles. The smallest absolute Gasteiger partial charge is 0.0976 e. The molecule has 2 unspecified atom stereocenters. The van der Waals surface area contributed by atoms with Crippen molar-refractivity contribution in [3.8, 4) is 0 Å². The SMILES string of the molecule is CC1CC(OS)CO1. The van der Waals surface area contributed by atoms with E-state index >= 15 is 0 Å². The Morgan fingerprint density at radius 3 is 2.75 bits per heavy atom. The van der Waals surface area contributed by atoms with Crippen molar-refractivity contribution in [2.45, 2.75) is 25.6 Å². The lowest BCUT2D eigenvalue weighted by Crippen LogP contribution is -2.05. The Morgan fingerprint density at radius 2 is 2.50 bits per heavy atom. The maximum atomic E-state index is 5.18. The first-order valence-electron chi connectivity index (χ1n) is 2.74. The molecule has 8 heavy (non-hydrogen) atoms. The number of thiol groups is 1. The van der Waals surface area contributed by atoms with E-state index in [-0.39, 0.29) is 6.10 Å². The van der Waals surface area contributed by atoms with Crippen molar-refractivity contribution in [2.24, 2.45) is 0 Å². The van der Waals surface area contributed by atoms with E-state index in [1.54, 1.807) is 0 Å². The highest BCUT2D eigenvalue weighted by Gasteiger charge is 2.21. The summed E-state index contributed by atoms with van der Waals surface area (Å²) in [6, 6.07) is 0. The van der Waals surface area contributed by atoms with Crippen molar-refractivity contribution >= 4 is 12.9 Å². The summed E-state index contributed by atoms with van der Waals surface area (Å²) in [6.07, 6.45) is 1.55. The van der Waals surface area contributed by atoms with Crippen LogP contribution in [-0.2, 0) is 8.92 Å². The Bertz CT molecular complexity index is 76.8. The molecule has 0 aromatic rings. The molecule has 1 fully saturated rings. The summed E-state index contributed by atoms with van der Waals surface area (Å²) in [7, 11) is 0. The predicted molar refractivity (Wildman–Crippen MR) is 33.9 cm³/mol. The first-order valence-corrected chi connectivity index (χ1v) is 3.11. The normalized spacial score (nSPS) is 38.2. The summed E-state index contributed by atoms with van der Waals surface area (Å²) < 4.78 is 9.93. The number of rotatable bonds is 1.